The van der Waals surface area contributed by atoms with E-state index in [0.29, 0.717) is 27.9 Å². The summed E-state index contributed by atoms with van der Waals surface area (Å²) in [6, 6.07) is 8.64. The smallest absolute Gasteiger partial charge is 0.336 e. The Morgan fingerprint density at radius 3 is 2.85 bits per heavy atom. The van der Waals surface area contributed by atoms with E-state index in [9.17, 15) is 14.3 Å². The molecule has 0 atom stereocenters. The zero-order valence-corrected chi connectivity index (χ0v) is 14.7. The van der Waals surface area contributed by atoms with Crippen LogP contribution >= 0.6 is 11.6 Å². The van der Waals surface area contributed by atoms with Crippen molar-refractivity contribution in [3.8, 4) is 17.1 Å². The average molecular weight is 387 g/mol. The summed E-state index contributed by atoms with van der Waals surface area (Å²) in [6.45, 7) is 1.79. The lowest BCUT2D eigenvalue weighted by Crippen LogP contribution is -2.08. The summed E-state index contributed by atoms with van der Waals surface area (Å²) in [4.78, 5) is 13.1. The summed E-state index contributed by atoms with van der Waals surface area (Å²) < 4.78 is 18.5. The molecule has 0 aliphatic carbocycles. The van der Waals surface area contributed by atoms with Crippen LogP contribution in [0.15, 0.2) is 45.6 Å². The van der Waals surface area contributed by atoms with Crippen LogP contribution in [0.25, 0.3) is 22.4 Å². The van der Waals surface area contributed by atoms with Gasteiger partial charge in [0.05, 0.1) is 11.6 Å². The molecule has 0 fully saturated rings. The van der Waals surface area contributed by atoms with Gasteiger partial charge in [-0.25, -0.2) is 9.18 Å². The largest absolute Gasteiger partial charge is 0.506 e. The van der Waals surface area contributed by atoms with E-state index >= 15 is 0 Å². The number of phenols is 1. The normalized spacial score (nSPS) is 11.2. The van der Waals surface area contributed by atoms with Gasteiger partial charge < -0.3 is 9.52 Å². The van der Waals surface area contributed by atoms with Crippen molar-refractivity contribution in [2.45, 2.75) is 13.5 Å². The van der Waals surface area contributed by atoms with E-state index < -0.39 is 5.63 Å². The quantitative estimate of drug-likeness (QED) is 0.543. The highest BCUT2D eigenvalue weighted by atomic mass is 35.5. The molecule has 0 unspecified atom stereocenters. The van der Waals surface area contributed by atoms with Gasteiger partial charge in [-0.05, 0) is 47.5 Å². The van der Waals surface area contributed by atoms with Gasteiger partial charge in [0.15, 0.2) is 0 Å². The SMILES string of the molecule is Cc1cc(-c2nnn(Cc3cc(=O)oc4cc(O)c(Cl)cc34)n2)ccc1F. The van der Waals surface area contributed by atoms with Crippen molar-refractivity contribution in [2.75, 3.05) is 0 Å². The van der Waals surface area contributed by atoms with E-state index in [-0.39, 0.29) is 28.7 Å². The highest BCUT2D eigenvalue weighted by Crippen LogP contribution is 2.30. The van der Waals surface area contributed by atoms with Crippen LogP contribution < -0.4 is 5.63 Å². The van der Waals surface area contributed by atoms with Gasteiger partial charge in [0.2, 0.25) is 5.82 Å². The molecule has 0 spiro atoms. The fourth-order valence-electron chi connectivity index (χ4n) is 2.73. The Kier molecular flexibility index (Phi) is 4.12. The molecule has 2 aromatic carbocycles. The lowest BCUT2D eigenvalue weighted by molar-refractivity contribution is 0.473. The third-order valence-corrected chi connectivity index (χ3v) is 4.38. The molecule has 27 heavy (non-hydrogen) atoms. The van der Waals surface area contributed by atoms with Crippen molar-refractivity contribution in [1.82, 2.24) is 20.2 Å². The zero-order chi connectivity index (χ0) is 19.1. The van der Waals surface area contributed by atoms with Crippen LogP contribution in [0.5, 0.6) is 5.75 Å². The molecule has 0 aliphatic rings. The number of hydrogen-bond donors (Lipinski definition) is 1. The Balaban J connectivity index is 1.73. The lowest BCUT2D eigenvalue weighted by Gasteiger charge is -2.06. The molecule has 0 bridgehead atoms. The Morgan fingerprint density at radius 1 is 1.26 bits per heavy atom. The van der Waals surface area contributed by atoms with E-state index in [1.165, 1.54) is 29.1 Å². The molecule has 1 N–H and O–H groups in total. The molecule has 0 amide bonds. The molecule has 0 aliphatic heterocycles. The first kappa shape index (κ1) is 17.2. The van der Waals surface area contributed by atoms with Gasteiger partial charge >= 0.3 is 5.63 Å². The molecule has 0 saturated carbocycles. The first-order valence-corrected chi connectivity index (χ1v) is 8.28. The van der Waals surface area contributed by atoms with Gasteiger partial charge in [-0.1, -0.05) is 11.6 Å². The monoisotopic (exact) mass is 386 g/mol. The summed E-state index contributed by atoms with van der Waals surface area (Å²) in [5.74, 6) is -0.160. The second kappa shape index (κ2) is 6.48. The Bertz CT molecular complexity index is 1240. The van der Waals surface area contributed by atoms with E-state index in [4.69, 9.17) is 16.0 Å². The number of hydrogen-bond acceptors (Lipinski definition) is 6. The minimum absolute atomic E-state index is 0.131. The fourth-order valence-corrected chi connectivity index (χ4v) is 2.89. The van der Waals surface area contributed by atoms with Crippen LogP contribution in [0.3, 0.4) is 0 Å². The van der Waals surface area contributed by atoms with Crippen LogP contribution in [0.4, 0.5) is 4.39 Å². The third-order valence-electron chi connectivity index (χ3n) is 4.08. The van der Waals surface area contributed by atoms with Gasteiger partial charge in [-0.3, -0.25) is 0 Å². The van der Waals surface area contributed by atoms with Crippen molar-refractivity contribution in [3.63, 3.8) is 0 Å². The first-order valence-electron chi connectivity index (χ1n) is 7.90. The van der Waals surface area contributed by atoms with Gasteiger partial charge in [-0.2, -0.15) is 4.80 Å². The molecule has 0 saturated heterocycles. The Morgan fingerprint density at radius 2 is 2.07 bits per heavy atom. The van der Waals surface area contributed by atoms with Crippen molar-refractivity contribution in [1.29, 1.82) is 0 Å². The molecule has 7 nitrogen and oxygen atoms in total. The second-order valence-electron chi connectivity index (χ2n) is 6.00. The number of halogens is 2. The number of aromatic nitrogens is 4. The van der Waals surface area contributed by atoms with Crippen LogP contribution in [0.1, 0.15) is 11.1 Å². The number of phenolic OH excluding ortho intramolecular Hbond substituents is 1. The highest BCUT2D eigenvalue weighted by Gasteiger charge is 2.13. The Labute approximate surface area is 156 Å². The predicted molar refractivity (Wildman–Crippen MR) is 96.2 cm³/mol. The number of rotatable bonds is 3. The molecule has 136 valence electrons. The van der Waals surface area contributed by atoms with Gasteiger partial charge in [0.1, 0.15) is 17.1 Å². The second-order valence-corrected chi connectivity index (χ2v) is 6.41. The van der Waals surface area contributed by atoms with Crippen molar-refractivity contribution in [2.24, 2.45) is 0 Å². The molecule has 0 radical (unpaired) electrons. The summed E-state index contributed by atoms with van der Waals surface area (Å²) in [5.41, 5.74) is 1.29. The topological polar surface area (TPSA) is 94.0 Å². The van der Waals surface area contributed by atoms with Crippen molar-refractivity contribution in [3.05, 3.63) is 68.8 Å². The van der Waals surface area contributed by atoms with Gasteiger partial charge in [-0.15, -0.1) is 10.2 Å². The third kappa shape index (κ3) is 3.26. The van der Waals surface area contributed by atoms with Crippen molar-refractivity contribution < 1.29 is 13.9 Å². The average Bonchev–Trinajstić information content (AvgIpc) is 3.07. The summed E-state index contributed by atoms with van der Waals surface area (Å²) in [5, 5.41) is 22.6. The fraction of sp³-hybridized carbons (Fsp3) is 0.111. The predicted octanol–water partition coefficient (Wildman–Crippen LogP) is 3.30. The van der Waals surface area contributed by atoms with Gasteiger partial charge in [0.25, 0.3) is 0 Å². The standard InChI is InChI=1S/C18H12ClFN4O3/c1-9-4-10(2-3-14(9)20)18-21-23-24(22-18)8-11-5-17(26)27-16-7-15(25)13(19)6-12(11)16/h2-7,25H,8H2,1H3. The lowest BCUT2D eigenvalue weighted by atomic mass is 10.1. The molecule has 4 aromatic rings. The van der Waals surface area contributed by atoms with Crippen molar-refractivity contribution >= 4 is 22.6 Å². The molecule has 2 aromatic heterocycles. The maximum absolute atomic E-state index is 13.4. The summed E-state index contributed by atoms with van der Waals surface area (Å²) in [7, 11) is 0. The Hall–Kier alpha value is -3.26. The number of tetrazole rings is 1. The van der Waals surface area contributed by atoms with E-state index in [2.05, 4.69) is 15.4 Å². The minimum Gasteiger partial charge on any atom is -0.506 e. The molecule has 4 rings (SSSR count). The molecular weight excluding hydrogens is 375 g/mol. The van der Waals surface area contributed by atoms with Gasteiger partial charge in [0, 0.05) is 23.1 Å². The minimum atomic E-state index is -0.575. The van der Waals surface area contributed by atoms with E-state index in [1.54, 1.807) is 19.1 Å². The summed E-state index contributed by atoms with van der Waals surface area (Å²) in [6.07, 6.45) is 0. The summed E-state index contributed by atoms with van der Waals surface area (Å²) >= 11 is 5.96. The maximum atomic E-state index is 13.4. The van der Waals surface area contributed by atoms with Crippen LogP contribution in [-0.4, -0.2) is 25.3 Å². The maximum Gasteiger partial charge on any atom is 0.336 e. The van der Waals surface area contributed by atoms with E-state index in [1.807, 2.05) is 0 Å². The van der Waals surface area contributed by atoms with Crippen LogP contribution in [-0.2, 0) is 6.54 Å². The number of nitrogens with zero attached hydrogens (tertiary/aromatic N) is 4. The number of aromatic hydroxyl groups is 1. The molecular formula is C18H12ClFN4O3. The molecule has 9 heteroatoms. The zero-order valence-electron chi connectivity index (χ0n) is 14.0. The number of fused-ring (bicyclic) bond motifs is 1. The van der Waals surface area contributed by atoms with E-state index in [0.717, 1.165) is 0 Å². The highest BCUT2D eigenvalue weighted by molar-refractivity contribution is 6.32. The van der Waals surface area contributed by atoms with Crippen LogP contribution in [0.2, 0.25) is 5.02 Å². The number of benzene rings is 2. The first-order chi connectivity index (χ1) is 12.9. The number of aryl methyl sites for hydroxylation is 1. The molecule has 2 heterocycles. The van der Waals surface area contributed by atoms with Crippen LogP contribution in [0, 0.1) is 12.7 Å².